The van der Waals surface area contributed by atoms with Crippen LogP contribution in [0, 0.1) is 0 Å². The van der Waals surface area contributed by atoms with Crippen LogP contribution in [0.2, 0.25) is 0 Å². The maximum absolute atomic E-state index is 11.8. The van der Waals surface area contributed by atoms with E-state index in [1.54, 1.807) is 6.08 Å². The highest BCUT2D eigenvalue weighted by Gasteiger charge is 2.16. The van der Waals surface area contributed by atoms with Crippen LogP contribution in [0.15, 0.2) is 35.7 Å². The third kappa shape index (κ3) is 3.93. The fourth-order valence-corrected chi connectivity index (χ4v) is 2.71. The summed E-state index contributed by atoms with van der Waals surface area (Å²) in [7, 11) is 0. The van der Waals surface area contributed by atoms with Gasteiger partial charge in [-0.05, 0) is 25.1 Å². The molecular weight excluding hydrogens is 274 g/mol. The third-order valence-corrected chi connectivity index (χ3v) is 3.92. The van der Waals surface area contributed by atoms with Crippen molar-refractivity contribution < 1.29 is 14.3 Å². The van der Waals surface area contributed by atoms with Gasteiger partial charge in [-0.25, -0.2) is 0 Å². The maximum Gasteiger partial charge on any atom is 0.233 e. The minimum Gasteiger partial charge on any atom is -0.490 e. The zero-order valence-electron chi connectivity index (χ0n) is 11.6. The first-order valence-electron chi connectivity index (χ1n) is 6.65. The Labute approximate surface area is 123 Å². The van der Waals surface area contributed by atoms with Gasteiger partial charge in [0.15, 0.2) is 11.5 Å². The fourth-order valence-electron chi connectivity index (χ4n) is 1.79. The molecule has 1 heterocycles. The molecule has 0 saturated carbocycles. The van der Waals surface area contributed by atoms with Gasteiger partial charge >= 0.3 is 0 Å². The van der Waals surface area contributed by atoms with Crippen LogP contribution in [0.3, 0.4) is 0 Å². The van der Waals surface area contributed by atoms with Crippen LogP contribution >= 0.6 is 11.8 Å². The Morgan fingerprint density at radius 2 is 2.20 bits per heavy atom. The van der Waals surface area contributed by atoms with E-state index in [-0.39, 0.29) is 11.2 Å². The standard InChI is InChI=1S/C15H19NO3S/c1-3-7-16-15(17)11(2)20-12-5-6-13-14(10-12)19-9-4-8-18-13/h3,5-6,10-11H,1,4,7-9H2,2H3,(H,16,17). The molecular formula is C15H19NO3S. The molecule has 108 valence electrons. The second-order valence-electron chi connectivity index (χ2n) is 4.45. The van der Waals surface area contributed by atoms with E-state index < -0.39 is 0 Å². The van der Waals surface area contributed by atoms with Crippen molar-refractivity contribution in [2.24, 2.45) is 0 Å². The van der Waals surface area contributed by atoms with Crippen molar-refractivity contribution >= 4 is 17.7 Å². The number of carbonyl (C=O) groups excluding carboxylic acids is 1. The number of benzene rings is 1. The number of nitrogens with one attached hydrogen (secondary N) is 1. The van der Waals surface area contributed by atoms with Gasteiger partial charge in [-0.2, -0.15) is 0 Å². The molecule has 0 spiro atoms. The van der Waals surface area contributed by atoms with Crippen molar-refractivity contribution in [3.8, 4) is 11.5 Å². The summed E-state index contributed by atoms with van der Waals surface area (Å²) in [5.41, 5.74) is 0. The summed E-state index contributed by atoms with van der Waals surface area (Å²) < 4.78 is 11.2. The molecule has 0 saturated heterocycles. The van der Waals surface area contributed by atoms with E-state index in [4.69, 9.17) is 9.47 Å². The van der Waals surface area contributed by atoms with E-state index in [2.05, 4.69) is 11.9 Å². The van der Waals surface area contributed by atoms with Gasteiger partial charge in [0.05, 0.1) is 18.5 Å². The summed E-state index contributed by atoms with van der Waals surface area (Å²) in [5, 5.41) is 2.62. The summed E-state index contributed by atoms with van der Waals surface area (Å²) >= 11 is 1.50. The van der Waals surface area contributed by atoms with Gasteiger partial charge in [-0.1, -0.05) is 6.08 Å². The molecule has 1 aliphatic heterocycles. The number of thioether (sulfide) groups is 1. The van der Waals surface area contributed by atoms with Gasteiger partial charge < -0.3 is 14.8 Å². The van der Waals surface area contributed by atoms with Crippen molar-refractivity contribution in [3.05, 3.63) is 30.9 Å². The topological polar surface area (TPSA) is 47.6 Å². The Bertz CT molecular complexity index is 490. The third-order valence-electron chi connectivity index (χ3n) is 2.82. The number of hydrogen-bond acceptors (Lipinski definition) is 4. The van der Waals surface area contributed by atoms with Crippen molar-refractivity contribution in [1.29, 1.82) is 0 Å². The number of rotatable bonds is 5. The molecule has 0 radical (unpaired) electrons. The molecule has 0 fully saturated rings. The molecule has 2 rings (SSSR count). The first-order valence-corrected chi connectivity index (χ1v) is 7.53. The number of ether oxygens (including phenoxy) is 2. The second-order valence-corrected chi connectivity index (χ2v) is 5.87. The van der Waals surface area contributed by atoms with Crippen LogP contribution in [0.5, 0.6) is 11.5 Å². The largest absolute Gasteiger partial charge is 0.490 e. The molecule has 1 atom stereocenters. The summed E-state index contributed by atoms with van der Waals surface area (Å²) in [4.78, 5) is 12.8. The van der Waals surface area contributed by atoms with Gasteiger partial charge in [0.25, 0.3) is 0 Å². The predicted octanol–water partition coefficient (Wildman–Crippen LogP) is 2.63. The van der Waals surface area contributed by atoms with Gasteiger partial charge in [0.1, 0.15) is 0 Å². The molecule has 1 aliphatic rings. The lowest BCUT2D eigenvalue weighted by Gasteiger charge is -2.13. The highest BCUT2D eigenvalue weighted by Crippen LogP contribution is 2.35. The van der Waals surface area contributed by atoms with Gasteiger partial charge in [-0.3, -0.25) is 4.79 Å². The average molecular weight is 293 g/mol. The Kier molecular flexibility index (Phi) is 5.35. The van der Waals surface area contributed by atoms with Gasteiger partial charge in [0.2, 0.25) is 5.91 Å². The Morgan fingerprint density at radius 1 is 1.45 bits per heavy atom. The average Bonchev–Trinajstić information content (AvgIpc) is 2.69. The van der Waals surface area contributed by atoms with E-state index in [1.807, 2.05) is 25.1 Å². The lowest BCUT2D eigenvalue weighted by atomic mass is 10.3. The lowest BCUT2D eigenvalue weighted by Crippen LogP contribution is -2.30. The van der Waals surface area contributed by atoms with Crippen LogP contribution in [0.1, 0.15) is 13.3 Å². The van der Waals surface area contributed by atoms with E-state index in [0.29, 0.717) is 19.8 Å². The first kappa shape index (κ1) is 14.8. The highest BCUT2D eigenvalue weighted by molar-refractivity contribution is 8.00. The van der Waals surface area contributed by atoms with E-state index >= 15 is 0 Å². The van der Waals surface area contributed by atoms with Gasteiger partial charge in [0, 0.05) is 17.9 Å². The smallest absolute Gasteiger partial charge is 0.233 e. The number of fused-ring (bicyclic) bond motifs is 1. The minimum atomic E-state index is -0.167. The molecule has 1 N–H and O–H groups in total. The van der Waals surface area contributed by atoms with E-state index in [0.717, 1.165) is 22.8 Å². The first-order chi connectivity index (χ1) is 9.70. The zero-order valence-corrected chi connectivity index (χ0v) is 12.4. The molecule has 1 amide bonds. The number of carbonyl (C=O) groups is 1. The minimum absolute atomic E-state index is 0.00186. The van der Waals surface area contributed by atoms with Crippen LogP contribution in [-0.2, 0) is 4.79 Å². The van der Waals surface area contributed by atoms with E-state index in [1.165, 1.54) is 11.8 Å². The van der Waals surface area contributed by atoms with Crippen LogP contribution in [0.4, 0.5) is 0 Å². The summed E-state index contributed by atoms with van der Waals surface area (Å²) in [5.74, 6) is 1.53. The van der Waals surface area contributed by atoms with E-state index in [9.17, 15) is 4.79 Å². The van der Waals surface area contributed by atoms with Crippen LogP contribution in [-0.4, -0.2) is 30.9 Å². The van der Waals surface area contributed by atoms with Gasteiger partial charge in [-0.15, -0.1) is 18.3 Å². The van der Waals surface area contributed by atoms with Crippen molar-refractivity contribution in [2.45, 2.75) is 23.5 Å². The van der Waals surface area contributed by atoms with Crippen molar-refractivity contribution in [1.82, 2.24) is 5.32 Å². The molecule has 1 aromatic carbocycles. The molecule has 1 unspecified atom stereocenters. The number of amides is 1. The van der Waals surface area contributed by atoms with Crippen LogP contribution < -0.4 is 14.8 Å². The molecule has 0 bridgehead atoms. The molecule has 20 heavy (non-hydrogen) atoms. The Balaban J connectivity index is 2.00. The molecule has 0 aromatic heterocycles. The summed E-state index contributed by atoms with van der Waals surface area (Å²) in [6.45, 7) is 7.30. The molecule has 5 heteroatoms. The monoisotopic (exact) mass is 293 g/mol. The van der Waals surface area contributed by atoms with Crippen molar-refractivity contribution in [3.63, 3.8) is 0 Å². The molecule has 4 nitrogen and oxygen atoms in total. The van der Waals surface area contributed by atoms with Crippen LogP contribution in [0.25, 0.3) is 0 Å². The quantitative estimate of drug-likeness (QED) is 0.670. The fraction of sp³-hybridized carbons (Fsp3) is 0.400. The Hall–Kier alpha value is -1.62. The maximum atomic E-state index is 11.8. The highest BCUT2D eigenvalue weighted by atomic mass is 32.2. The lowest BCUT2D eigenvalue weighted by molar-refractivity contribution is -0.120. The summed E-state index contributed by atoms with van der Waals surface area (Å²) in [6, 6.07) is 5.79. The van der Waals surface area contributed by atoms with Crippen molar-refractivity contribution in [2.75, 3.05) is 19.8 Å². The molecule has 0 aliphatic carbocycles. The predicted molar refractivity (Wildman–Crippen MR) is 80.6 cm³/mol. The molecule has 1 aromatic rings. The second kappa shape index (κ2) is 7.24. The summed E-state index contributed by atoms with van der Waals surface area (Å²) in [6.07, 6.45) is 2.56. The Morgan fingerprint density at radius 3 is 2.95 bits per heavy atom. The SMILES string of the molecule is C=CCNC(=O)C(C)Sc1ccc2c(c1)OCCCO2. The zero-order chi connectivity index (χ0) is 14.4. The normalized spacial score (nSPS) is 15.1. The number of hydrogen-bond donors (Lipinski definition) is 1.